The van der Waals surface area contributed by atoms with Crippen molar-refractivity contribution in [3.05, 3.63) is 47.2 Å². The number of aromatic nitrogens is 3. The Hall–Kier alpha value is -2.41. The van der Waals surface area contributed by atoms with E-state index in [1.165, 1.54) is 37.7 Å². The minimum atomic E-state index is -4.52. The van der Waals surface area contributed by atoms with Gasteiger partial charge in [-0.25, -0.2) is 4.98 Å². The Kier molecular flexibility index (Phi) is 3.81. The molecule has 0 aromatic carbocycles. The van der Waals surface area contributed by atoms with Crippen LogP contribution in [0.2, 0.25) is 5.02 Å². The predicted molar refractivity (Wildman–Crippen MR) is 79.3 cm³/mol. The van der Waals surface area contributed by atoms with E-state index in [9.17, 15) is 13.2 Å². The van der Waals surface area contributed by atoms with Gasteiger partial charge in [-0.3, -0.25) is 9.97 Å². The molecule has 3 rings (SSSR count). The smallest absolute Gasteiger partial charge is 0.418 e. The molecule has 0 N–H and O–H groups in total. The van der Waals surface area contributed by atoms with Crippen LogP contribution in [0.1, 0.15) is 5.56 Å². The third kappa shape index (κ3) is 2.92. The first-order valence-electron chi connectivity index (χ1n) is 6.43. The third-order valence-electron chi connectivity index (χ3n) is 3.17. The quantitative estimate of drug-likeness (QED) is 0.695. The van der Waals surface area contributed by atoms with Crippen LogP contribution in [0, 0.1) is 0 Å². The Labute approximate surface area is 133 Å². The molecule has 0 amide bonds. The predicted octanol–water partition coefficient (Wildman–Crippen LogP) is 4.37. The second-order valence-electron chi connectivity index (χ2n) is 4.64. The zero-order chi connectivity index (χ0) is 16.6. The Morgan fingerprint density at radius 2 is 1.96 bits per heavy atom. The number of alkyl halides is 3. The molecule has 8 heteroatoms. The lowest BCUT2D eigenvalue weighted by molar-refractivity contribution is -0.137. The van der Waals surface area contributed by atoms with Gasteiger partial charge < -0.3 is 4.74 Å². The lowest BCUT2D eigenvalue weighted by Crippen LogP contribution is -2.08. The van der Waals surface area contributed by atoms with Crippen LogP contribution >= 0.6 is 11.6 Å². The minimum Gasteiger partial charge on any atom is -0.481 e. The van der Waals surface area contributed by atoms with Crippen molar-refractivity contribution in [2.45, 2.75) is 6.18 Å². The van der Waals surface area contributed by atoms with Gasteiger partial charge in [-0.05, 0) is 18.2 Å². The first-order valence-corrected chi connectivity index (χ1v) is 6.81. The summed E-state index contributed by atoms with van der Waals surface area (Å²) < 4.78 is 44.3. The van der Waals surface area contributed by atoms with Gasteiger partial charge in [0.1, 0.15) is 5.52 Å². The van der Waals surface area contributed by atoms with Crippen molar-refractivity contribution in [2.24, 2.45) is 0 Å². The van der Waals surface area contributed by atoms with Gasteiger partial charge in [0.15, 0.2) is 0 Å². The molecule has 118 valence electrons. The van der Waals surface area contributed by atoms with Crippen LogP contribution in [-0.4, -0.2) is 22.1 Å². The van der Waals surface area contributed by atoms with Crippen LogP contribution in [0.3, 0.4) is 0 Å². The van der Waals surface area contributed by atoms with E-state index in [2.05, 4.69) is 15.0 Å². The molecule has 0 spiro atoms. The maximum absolute atomic E-state index is 13.1. The van der Waals surface area contributed by atoms with Crippen molar-refractivity contribution < 1.29 is 17.9 Å². The maximum Gasteiger partial charge on any atom is 0.418 e. The van der Waals surface area contributed by atoms with Crippen molar-refractivity contribution in [2.75, 3.05) is 7.11 Å². The summed E-state index contributed by atoms with van der Waals surface area (Å²) in [6, 6.07) is 5.14. The lowest BCUT2D eigenvalue weighted by Gasteiger charge is -2.12. The van der Waals surface area contributed by atoms with Gasteiger partial charge in [0.2, 0.25) is 5.88 Å². The standard InChI is InChI=1S/C15H9ClF3N3O/c1-23-12-6-10(16)14-11(22-12)5-8(7-21-14)13-9(15(17,18)19)3-2-4-20-13/h2-7H,1H3. The van der Waals surface area contributed by atoms with E-state index in [0.717, 1.165) is 6.07 Å². The summed E-state index contributed by atoms with van der Waals surface area (Å²) in [7, 11) is 1.42. The van der Waals surface area contributed by atoms with Gasteiger partial charge in [0, 0.05) is 24.0 Å². The summed E-state index contributed by atoms with van der Waals surface area (Å²) in [6.07, 6.45) is -1.93. The van der Waals surface area contributed by atoms with E-state index >= 15 is 0 Å². The fourth-order valence-corrected chi connectivity index (χ4v) is 2.39. The number of nitrogens with zero attached hydrogens (tertiary/aromatic N) is 3. The van der Waals surface area contributed by atoms with Crippen molar-refractivity contribution in [1.82, 2.24) is 15.0 Å². The van der Waals surface area contributed by atoms with Crippen LogP contribution in [-0.2, 0) is 6.18 Å². The molecule has 3 aromatic rings. The van der Waals surface area contributed by atoms with E-state index < -0.39 is 11.7 Å². The van der Waals surface area contributed by atoms with Crippen LogP contribution in [0.4, 0.5) is 13.2 Å². The second kappa shape index (κ2) is 5.66. The Bertz CT molecular complexity index is 883. The molecule has 0 aliphatic rings. The van der Waals surface area contributed by atoms with Crippen LogP contribution in [0.15, 0.2) is 36.7 Å². The van der Waals surface area contributed by atoms with Crippen molar-refractivity contribution >= 4 is 22.6 Å². The SMILES string of the molecule is COc1cc(Cl)c2ncc(-c3ncccc3C(F)(F)F)cc2n1. The van der Waals surface area contributed by atoms with Gasteiger partial charge >= 0.3 is 6.18 Å². The molecule has 0 fully saturated rings. The molecule has 23 heavy (non-hydrogen) atoms. The van der Waals surface area contributed by atoms with Gasteiger partial charge in [0.25, 0.3) is 0 Å². The van der Waals surface area contributed by atoms with Gasteiger partial charge in [-0.1, -0.05) is 11.6 Å². The number of rotatable bonds is 2. The summed E-state index contributed by atoms with van der Waals surface area (Å²) in [6.45, 7) is 0. The number of ether oxygens (including phenoxy) is 1. The van der Waals surface area contributed by atoms with Crippen molar-refractivity contribution in [3.63, 3.8) is 0 Å². The average molecular weight is 340 g/mol. The van der Waals surface area contributed by atoms with Gasteiger partial charge in [-0.15, -0.1) is 0 Å². The Morgan fingerprint density at radius 3 is 2.65 bits per heavy atom. The van der Waals surface area contributed by atoms with E-state index in [4.69, 9.17) is 16.3 Å². The van der Waals surface area contributed by atoms with Crippen molar-refractivity contribution in [1.29, 1.82) is 0 Å². The Balaban J connectivity index is 2.22. The highest BCUT2D eigenvalue weighted by molar-refractivity contribution is 6.35. The molecule has 0 saturated carbocycles. The normalized spacial score (nSPS) is 11.7. The molecule has 4 nitrogen and oxygen atoms in total. The van der Waals surface area contributed by atoms with E-state index in [0.29, 0.717) is 16.1 Å². The minimum absolute atomic E-state index is 0.197. The molecule has 0 aliphatic heterocycles. The summed E-state index contributed by atoms with van der Waals surface area (Å²) in [5.41, 5.74) is -0.154. The number of pyridine rings is 3. The number of hydrogen-bond donors (Lipinski definition) is 0. The highest BCUT2D eigenvalue weighted by Crippen LogP contribution is 2.36. The monoisotopic (exact) mass is 339 g/mol. The summed E-state index contributed by atoms with van der Waals surface area (Å²) in [5, 5.41) is 0.301. The number of hydrogen-bond acceptors (Lipinski definition) is 4. The number of halogens is 4. The molecule has 3 heterocycles. The molecular formula is C15H9ClF3N3O. The maximum atomic E-state index is 13.1. The average Bonchev–Trinajstić information content (AvgIpc) is 2.53. The van der Waals surface area contributed by atoms with E-state index in [-0.39, 0.29) is 17.1 Å². The first-order chi connectivity index (χ1) is 10.9. The summed E-state index contributed by atoms with van der Waals surface area (Å²) >= 11 is 6.07. The molecule has 0 atom stereocenters. The molecule has 0 aliphatic carbocycles. The fraction of sp³-hybridized carbons (Fsp3) is 0.133. The second-order valence-corrected chi connectivity index (χ2v) is 5.04. The largest absolute Gasteiger partial charge is 0.481 e. The van der Waals surface area contributed by atoms with Gasteiger partial charge in [-0.2, -0.15) is 13.2 Å². The zero-order valence-corrected chi connectivity index (χ0v) is 12.5. The van der Waals surface area contributed by atoms with Crippen LogP contribution in [0.5, 0.6) is 5.88 Å². The third-order valence-corrected chi connectivity index (χ3v) is 3.46. The number of methoxy groups -OCH3 is 1. The molecule has 0 saturated heterocycles. The highest BCUT2D eigenvalue weighted by Gasteiger charge is 2.34. The van der Waals surface area contributed by atoms with Gasteiger partial charge in [0.05, 0.1) is 28.9 Å². The van der Waals surface area contributed by atoms with Crippen molar-refractivity contribution in [3.8, 4) is 17.1 Å². The summed E-state index contributed by atoms with van der Waals surface area (Å²) in [5.74, 6) is 0.249. The van der Waals surface area contributed by atoms with E-state index in [1.54, 1.807) is 0 Å². The zero-order valence-electron chi connectivity index (χ0n) is 11.7. The topological polar surface area (TPSA) is 47.9 Å². The lowest BCUT2D eigenvalue weighted by atomic mass is 10.1. The molecule has 0 radical (unpaired) electrons. The molecular weight excluding hydrogens is 331 g/mol. The molecule has 0 unspecified atom stereocenters. The molecule has 0 bridgehead atoms. The van der Waals surface area contributed by atoms with Crippen LogP contribution < -0.4 is 4.74 Å². The summed E-state index contributed by atoms with van der Waals surface area (Å²) in [4.78, 5) is 12.1. The highest BCUT2D eigenvalue weighted by atomic mass is 35.5. The van der Waals surface area contributed by atoms with Crippen LogP contribution in [0.25, 0.3) is 22.3 Å². The molecule has 3 aromatic heterocycles. The first kappa shape index (κ1) is 15.5. The van der Waals surface area contributed by atoms with E-state index in [1.807, 2.05) is 0 Å². The Morgan fingerprint density at radius 1 is 1.17 bits per heavy atom. The fourth-order valence-electron chi connectivity index (χ4n) is 2.15. The number of fused-ring (bicyclic) bond motifs is 1.